The van der Waals surface area contributed by atoms with Gasteiger partial charge in [0.1, 0.15) is 35.4 Å². The predicted octanol–water partition coefficient (Wildman–Crippen LogP) is 7.76. The number of anilines is 2. The number of ether oxygens (including phenoxy) is 3. The third-order valence-corrected chi connectivity index (χ3v) is 10.3. The van der Waals surface area contributed by atoms with Crippen molar-refractivity contribution in [3.63, 3.8) is 0 Å². The van der Waals surface area contributed by atoms with Gasteiger partial charge >= 0.3 is 6.09 Å². The van der Waals surface area contributed by atoms with Crippen LogP contribution in [0, 0.1) is 24.6 Å². The van der Waals surface area contributed by atoms with E-state index in [0.29, 0.717) is 65.3 Å². The quantitative estimate of drug-likeness (QED) is 0.0968. The number of aryl methyl sites for hydroxylation is 1. The highest BCUT2D eigenvalue weighted by atomic mass is 19.3. The summed E-state index contributed by atoms with van der Waals surface area (Å²) in [4.78, 5) is 31.6. The number of nitrogens with two attached hydrogens (primary N) is 1. The molecule has 4 aromatic carbocycles. The molecule has 1 amide bonds. The molecule has 3 heterocycles. The molecule has 2 aromatic heterocycles. The topological polar surface area (TPSA) is 157 Å². The summed E-state index contributed by atoms with van der Waals surface area (Å²) in [7, 11) is 0. The molecule has 1 aliphatic heterocycles. The second-order valence-electron chi connectivity index (χ2n) is 14.1. The van der Waals surface area contributed by atoms with E-state index in [4.69, 9.17) is 19.9 Å². The zero-order valence-electron chi connectivity index (χ0n) is 30.0. The monoisotopic (exact) mass is 766 g/mol. The van der Waals surface area contributed by atoms with Gasteiger partial charge in [-0.2, -0.15) is 5.10 Å². The first-order valence-electron chi connectivity index (χ1n) is 18.0. The standard InChI is InChI=1S/C41H37F3N6O6/c1-22-12-29(55-36-5-3-2-4-31(36)42)10-11-34(22)50-40(45)30(18-46-50)39(52)33-15-23-16-37(54-21-38(43)44)35(17-32(23)48-33)49-19-24-13-26(14-25(24)20-49)47-41(53)56-28-8-6-27(51)7-9-28/h2-12,15-18,24-26,38,48,51H,13-14,19-21,45H2,1H3,(H,47,53). The fourth-order valence-electron chi connectivity index (χ4n) is 7.67. The van der Waals surface area contributed by atoms with Crippen molar-refractivity contribution in [2.75, 3.05) is 30.3 Å². The van der Waals surface area contributed by atoms with Crippen LogP contribution in [-0.2, 0) is 0 Å². The van der Waals surface area contributed by atoms with Gasteiger partial charge in [0.15, 0.2) is 11.6 Å². The number of aromatic amines is 1. The first-order valence-corrected chi connectivity index (χ1v) is 18.0. The zero-order chi connectivity index (χ0) is 39.1. The minimum absolute atomic E-state index is 0.0679. The van der Waals surface area contributed by atoms with Crippen LogP contribution in [0.3, 0.4) is 0 Å². The van der Waals surface area contributed by atoms with Crippen molar-refractivity contribution < 1.29 is 42.1 Å². The lowest BCUT2D eigenvalue weighted by Gasteiger charge is -2.24. The minimum atomic E-state index is -2.69. The Morgan fingerprint density at radius 1 is 0.964 bits per heavy atom. The van der Waals surface area contributed by atoms with E-state index in [9.17, 15) is 27.9 Å². The molecule has 0 radical (unpaired) electrons. The third kappa shape index (κ3) is 7.39. The second-order valence-corrected chi connectivity index (χ2v) is 14.1. The number of nitrogens with zero attached hydrogens (tertiary/aromatic N) is 3. The van der Waals surface area contributed by atoms with Crippen LogP contribution in [0.5, 0.6) is 28.7 Å². The molecule has 12 nitrogen and oxygen atoms in total. The largest absolute Gasteiger partial charge is 0.508 e. The highest BCUT2D eigenvalue weighted by Crippen LogP contribution is 2.44. The Balaban J connectivity index is 0.978. The number of carbonyl (C=O) groups is 2. The molecule has 1 aliphatic carbocycles. The number of rotatable bonds is 11. The van der Waals surface area contributed by atoms with Crippen molar-refractivity contribution in [1.29, 1.82) is 0 Å². The second kappa shape index (κ2) is 14.9. The lowest BCUT2D eigenvalue weighted by atomic mass is 10.0. The van der Waals surface area contributed by atoms with Gasteiger partial charge in [-0.05, 0) is 110 Å². The van der Waals surface area contributed by atoms with Crippen LogP contribution < -0.4 is 30.2 Å². The number of alkyl halides is 2. The molecule has 6 aromatic rings. The van der Waals surface area contributed by atoms with E-state index in [1.54, 1.807) is 48.5 Å². The van der Waals surface area contributed by atoms with E-state index < -0.39 is 30.7 Å². The number of aromatic nitrogens is 3. The number of phenols is 1. The Morgan fingerprint density at radius 2 is 1.70 bits per heavy atom. The number of phenolic OH excluding ortho intramolecular Hbond substituents is 1. The molecule has 0 bridgehead atoms. The number of nitrogens with one attached hydrogen (secondary N) is 2. The highest BCUT2D eigenvalue weighted by molar-refractivity contribution is 6.12. The van der Waals surface area contributed by atoms with Gasteiger partial charge < -0.3 is 40.3 Å². The molecular weight excluding hydrogens is 729 g/mol. The summed E-state index contributed by atoms with van der Waals surface area (Å²) in [6.45, 7) is 2.25. The van der Waals surface area contributed by atoms with E-state index in [-0.39, 0.29) is 52.2 Å². The van der Waals surface area contributed by atoms with Crippen molar-refractivity contribution in [3.05, 3.63) is 114 Å². The van der Waals surface area contributed by atoms with Gasteiger partial charge in [0.25, 0.3) is 6.43 Å². The molecule has 1 saturated carbocycles. The Labute approximate surface area is 318 Å². The van der Waals surface area contributed by atoms with E-state index in [0.717, 1.165) is 0 Å². The number of amides is 1. The van der Waals surface area contributed by atoms with E-state index in [2.05, 4.69) is 20.3 Å². The Bertz CT molecular complexity index is 2420. The summed E-state index contributed by atoms with van der Waals surface area (Å²) in [5, 5.41) is 17.4. The van der Waals surface area contributed by atoms with Crippen molar-refractivity contribution in [2.24, 2.45) is 11.8 Å². The Morgan fingerprint density at radius 3 is 2.41 bits per heavy atom. The van der Waals surface area contributed by atoms with E-state index in [1.807, 2.05) is 6.92 Å². The normalized spacial score (nSPS) is 17.7. The maximum atomic E-state index is 14.1. The molecule has 2 unspecified atom stereocenters. The summed E-state index contributed by atoms with van der Waals surface area (Å²) in [6.07, 6.45) is -0.459. The minimum Gasteiger partial charge on any atom is -0.508 e. The van der Waals surface area contributed by atoms with Crippen LogP contribution in [0.2, 0.25) is 0 Å². The van der Waals surface area contributed by atoms with Gasteiger partial charge in [-0.1, -0.05) is 12.1 Å². The molecular formula is C41H37F3N6O6. The van der Waals surface area contributed by atoms with Crippen molar-refractivity contribution in [1.82, 2.24) is 20.1 Å². The molecule has 288 valence electrons. The first-order chi connectivity index (χ1) is 27.0. The number of nitrogen functional groups attached to an aromatic ring is 1. The molecule has 2 fully saturated rings. The molecule has 15 heteroatoms. The van der Waals surface area contributed by atoms with Crippen LogP contribution in [0.25, 0.3) is 16.6 Å². The average molecular weight is 767 g/mol. The number of benzene rings is 4. The average Bonchev–Trinajstić information content (AvgIpc) is 3.95. The van der Waals surface area contributed by atoms with Gasteiger partial charge in [-0.15, -0.1) is 0 Å². The number of carbonyl (C=O) groups excluding carboxylic acids is 2. The smallest absolute Gasteiger partial charge is 0.412 e. The third-order valence-electron chi connectivity index (χ3n) is 10.3. The first kappa shape index (κ1) is 36.3. The molecule has 2 atom stereocenters. The summed E-state index contributed by atoms with van der Waals surface area (Å²) in [6, 6.07) is 22.0. The van der Waals surface area contributed by atoms with Crippen LogP contribution in [0.4, 0.5) is 29.5 Å². The van der Waals surface area contributed by atoms with Gasteiger partial charge in [0, 0.05) is 30.0 Å². The molecule has 1 saturated heterocycles. The van der Waals surface area contributed by atoms with Crippen LogP contribution in [0.1, 0.15) is 34.5 Å². The number of H-pyrrole nitrogens is 1. The maximum Gasteiger partial charge on any atom is 0.412 e. The Hall–Kier alpha value is -6.64. The molecule has 8 rings (SSSR count). The number of aromatic hydroxyl groups is 1. The SMILES string of the molecule is Cc1cc(Oc2ccccc2F)ccc1-n1ncc(C(=O)c2cc3cc(OCC(F)F)c(N4CC5CC(NC(=O)Oc6ccc(O)cc6)CC5C4)cc3[nH]2)c1N. The number of fused-ring (bicyclic) bond motifs is 2. The van der Waals surface area contributed by atoms with Crippen molar-refractivity contribution >= 4 is 34.3 Å². The number of hydrogen-bond acceptors (Lipinski definition) is 9. The van der Waals surface area contributed by atoms with Crippen LogP contribution in [-0.4, -0.2) is 63.9 Å². The van der Waals surface area contributed by atoms with Gasteiger partial charge in [-0.25, -0.2) is 22.6 Å². The molecule has 5 N–H and O–H groups in total. The van der Waals surface area contributed by atoms with Crippen LogP contribution in [0.15, 0.2) is 91.1 Å². The lowest BCUT2D eigenvalue weighted by Crippen LogP contribution is -2.36. The number of hydrogen-bond donors (Lipinski definition) is 4. The summed E-state index contributed by atoms with van der Waals surface area (Å²) in [5.74, 6) is 0.804. The van der Waals surface area contributed by atoms with E-state index >= 15 is 0 Å². The van der Waals surface area contributed by atoms with Gasteiger partial charge in [-0.3, -0.25) is 4.79 Å². The highest BCUT2D eigenvalue weighted by Gasteiger charge is 2.42. The zero-order valence-corrected chi connectivity index (χ0v) is 30.0. The summed E-state index contributed by atoms with van der Waals surface area (Å²) >= 11 is 0. The molecule has 2 aliphatic rings. The Kier molecular flexibility index (Phi) is 9.66. The molecule has 56 heavy (non-hydrogen) atoms. The lowest BCUT2D eigenvalue weighted by molar-refractivity contribution is 0.0822. The predicted molar refractivity (Wildman–Crippen MR) is 202 cm³/mol. The molecule has 0 spiro atoms. The van der Waals surface area contributed by atoms with Crippen LogP contribution >= 0.6 is 0 Å². The number of ketones is 1. The summed E-state index contributed by atoms with van der Waals surface area (Å²) in [5.41, 5.74) is 9.40. The van der Waals surface area contributed by atoms with Gasteiger partial charge in [0.05, 0.1) is 28.8 Å². The summed E-state index contributed by atoms with van der Waals surface area (Å²) < 4.78 is 59.0. The number of para-hydroxylation sites is 1. The van der Waals surface area contributed by atoms with Crippen molar-refractivity contribution in [3.8, 4) is 34.4 Å². The van der Waals surface area contributed by atoms with Gasteiger partial charge in [0.2, 0.25) is 5.78 Å². The fourth-order valence-corrected chi connectivity index (χ4v) is 7.67. The van der Waals surface area contributed by atoms with E-state index in [1.165, 1.54) is 47.3 Å². The fraction of sp³-hybridized carbons (Fsp3) is 0.244. The van der Waals surface area contributed by atoms with Crippen molar-refractivity contribution in [2.45, 2.75) is 32.2 Å². The maximum absolute atomic E-state index is 14.1. The number of halogens is 3.